The molecule has 1 amide bonds. The molecule has 2 rings (SSSR count). The highest BCUT2D eigenvalue weighted by Crippen LogP contribution is 2.34. The Bertz CT molecular complexity index is 351. The molecule has 0 aromatic carbocycles. The Kier molecular flexibility index (Phi) is 6.92. The number of fused-ring (bicyclic) bond motifs is 1. The number of amides is 1. The lowest BCUT2D eigenvalue weighted by Gasteiger charge is -2.42. The molecule has 6 nitrogen and oxygen atoms in total. The molecular formula is C16H29NO5. The van der Waals surface area contributed by atoms with E-state index in [0.717, 1.165) is 25.7 Å². The number of ether oxygens (including phenoxy) is 3. The monoisotopic (exact) mass is 315 g/mol. The first-order valence-electron chi connectivity index (χ1n) is 8.52. The van der Waals surface area contributed by atoms with Gasteiger partial charge in [0.2, 0.25) is 0 Å². The molecule has 0 aromatic rings. The molecule has 22 heavy (non-hydrogen) atoms. The minimum absolute atomic E-state index is 0.0190. The second-order valence-electron chi connectivity index (χ2n) is 6.17. The number of aliphatic hydroxyl groups excluding tert-OH is 1. The topological polar surface area (TPSA) is 77.0 Å². The van der Waals surface area contributed by atoms with Crippen LogP contribution >= 0.6 is 0 Å². The fourth-order valence-corrected chi connectivity index (χ4v) is 3.20. The van der Waals surface area contributed by atoms with Crippen molar-refractivity contribution in [2.24, 2.45) is 5.92 Å². The number of carbonyl (C=O) groups is 1. The van der Waals surface area contributed by atoms with E-state index in [4.69, 9.17) is 14.2 Å². The lowest BCUT2D eigenvalue weighted by Crippen LogP contribution is -2.58. The van der Waals surface area contributed by atoms with E-state index < -0.39 is 6.09 Å². The summed E-state index contributed by atoms with van der Waals surface area (Å²) in [6.07, 6.45) is 3.58. The summed E-state index contributed by atoms with van der Waals surface area (Å²) in [4.78, 5) is 11.6. The Morgan fingerprint density at radius 3 is 2.41 bits per heavy atom. The van der Waals surface area contributed by atoms with Crippen LogP contribution in [0, 0.1) is 5.92 Å². The average Bonchev–Trinajstić information content (AvgIpc) is 2.88. The van der Waals surface area contributed by atoms with Crippen LogP contribution in [0.2, 0.25) is 0 Å². The summed E-state index contributed by atoms with van der Waals surface area (Å²) >= 11 is 0. The van der Waals surface area contributed by atoms with Crippen molar-refractivity contribution in [1.82, 2.24) is 5.32 Å². The molecule has 6 heteroatoms. The van der Waals surface area contributed by atoms with Gasteiger partial charge in [0.05, 0.1) is 12.1 Å². The van der Waals surface area contributed by atoms with Crippen LogP contribution in [0.5, 0.6) is 0 Å². The summed E-state index contributed by atoms with van der Waals surface area (Å²) in [5, 5.41) is 12.5. The lowest BCUT2D eigenvalue weighted by molar-refractivity contribution is -0.150. The SMILES string of the molecule is CCCCO[C@@H]1[C@@H](CO)C[C@@H]2OC(=O)N[C@@H]2[C@H]1OCCCC. The van der Waals surface area contributed by atoms with Crippen molar-refractivity contribution in [3.63, 3.8) is 0 Å². The van der Waals surface area contributed by atoms with Crippen LogP contribution in [0.1, 0.15) is 46.0 Å². The van der Waals surface area contributed by atoms with Crippen LogP contribution < -0.4 is 5.32 Å². The highest BCUT2D eigenvalue weighted by Gasteiger charge is 2.51. The van der Waals surface area contributed by atoms with E-state index >= 15 is 0 Å². The number of alkyl carbamates (subject to hydrolysis) is 1. The molecule has 2 fully saturated rings. The van der Waals surface area contributed by atoms with E-state index in [9.17, 15) is 9.90 Å². The number of carbonyl (C=O) groups excluding carboxylic acids is 1. The zero-order valence-electron chi connectivity index (χ0n) is 13.6. The van der Waals surface area contributed by atoms with Crippen molar-refractivity contribution in [3.8, 4) is 0 Å². The van der Waals surface area contributed by atoms with Crippen LogP contribution in [-0.4, -0.2) is 55.4 Å². The molecule has 0 radical (unpaired) electrons. The maximum atomic E-state index is 11.6. The third-order valence-electron chi connectivity index (χ3n) is 4.47. The molecule has 1 saturated carbocycles. The molecule has 2 aliphatic rings. The molecule has 1 heterocycles. The first-order chi connectivity index (χ1) is 10.7. The van der Waals surface area contributed by atoms with Crippen molar-refractivity contribution in [3.05, 3.63) is 0 Å². The molecular weight excluding hydrogens is 286 g/mol. The van der Waals surface area contributed by atoms with Gasteiger partial charge in [-0.05, 0) is 19.3 Å². The summed E-state index contributed by atoms with van der Waals surface area (Å²) in [7, 11) is 0. The van der Waals surface area contributed by atoms with E-state index in [1.165, 1.54) is 0 Å². The molecule has 1 saturated heterocycles. The predicted octanol–water partition coefficient (Wildman–Crippen LogP) is 1.85. The third-order valence-corrected chi connectivity index (χ3v) is 4.47. The van der Waals surface area contributed by atoms with Gasteiger partial charge in [-0.3, -0.25) is 0 Å². The van der Waals surface area contributed by atoms with E-state index in [2.05, 4.69) is 19.2 Å². The maximum Gasteiger partial charge on any atom is 0.407 e. The summed E-state index contributed by atoms with van der Waals surface area (Å²) < 4.78 is 17.4. The fourth-order valence-electron chi connectivity index (χ4n) is 3.20. The van der Waals surface area contributed by atoms with Gasteiger partial charge < -0.3 is 24.6 Å². The van der Waals surface area contributed by atoms with Gasteiger partial charge >= 0.3 is 6.09 Å². The van der Waals surface area contributed by atoms with Crippen molar-refractivity contribution in [1.29, 1.82) is 0 Å². The summed E-state index contributed by atoms with van der Waals surface area (Å²) in [6.45, 7) is 5.53. The van der Waals surface area contributed by atoms with Gasteiger partial charge in [0.15, 0.2) is 0 Å². The number of aliphatic hydroxyl groups is 1. The van der Waals surface area contributed by atoms with Crippen LogP contribution in [0.4, 0.5) is 4.79 Å². The minimum Gasteiger partial charge on any atom is -0.444 e. The summed E-state index contributed by atoms with van der Waals surface area (Å²) in [5.74, 6) is -0.0579. The van der Waals surface area contributed by atoms with Crippen molar-refractivity contribution in [2.75, 3.05) is 19.8 Å². The Morgan fingerprint density at radius 1 is 1.18 bits per heavy atom. The van der Waals surface area contributed by atoms with Gasteiger partial charge in [-0.1, -0.05) is 26.7 Å². The Hall–Kier alpha value is -0.850. The molecule has 1 aliphatic carbocycles. The zero-order chi connectivity index (χ0) is 15.9. The van der Waals surface area contributed by atoms with Crippen LogP contribution in [0.15, 0.2) is 0 Å². The van der Waals surface area contributed by atoms with E-state index in [0.29, 0.717) is 19.6 Å². The van der Waals surface area contributed by atoms with E-state index in [1.807, 2.05) is 0 Å². The molecule has 0 bridgehead atoms. The molecule has 0 spiro atoms. The van der Waals surface area contributed by atoms with E-state index in [-0.39, 0.29) is 36.9 Å². The number of unbranched alkanes of at least 4 members (excludes halogenated alkanes) is 2. The molecule has 1 aliphatic heterocycles. The average molecular weight is 315 g/mol. The first kappa shape index (κ1) is 17.5. The van der Waals surface area contributed by atoms with Crippen LogP contribution in [0.3, 0.4) is 0 Å². The molecule has 0 aromatic heterocycles. The third kappa shape index (κ3) is 4.12. The molecule has 0 unspecified atom stereocenters. The van der Waals surface area contributed by atoms with Gasteiger partial charge in [0.25, 0.3) is 0 Å². The molecule has 5 atom stereocenters. The van der Waals surface area contributed by atoms with Crippen molar-refractivity contribution in [2.45, 2.75) is 70.3 Å². The van der Waals surface area contributed by atoms with Gasteiger partial charge in [0.1, 0.15) is 12.2 Å². The molecule has 2 N–H and O–H groups in total. The fraction of sp³-hybridized carbons (Fsp3) is 0.938. The van der Waals surface area contributed by atoms with Gasteiger partial charge in [0, 0.05) is 25.7 Å². The number of hydrogen-bond acceptors (Lipinski definition) is 5. The van der Waals surface area contributed by atoms with E-state index in [1.54, 1.807) is 0 Å². The smallest absolute Gasteiger partial charge is 0.407 e. The van der Waals surface area contributed by atoms with Gasteiger partial charge in [-0.25, -0.2) is 4.79 Å². The minimum atomic E-state index is -0.398. The second kappa shape index (κ2) is 8.70. The lowest BCUT2D eigenvalue weighted by atomic mass is 9.80. The van der Waals surface area contributed by atoms with Crippen molar-refractivity contribution < 1.29 is 24.1 Å². The quantitative estimate of drug-likeness (QED) is 0.635. The number of nitrogens with one attached hydrogen (secondary N) is 1. The van der Waals surface area contributed by atoms with Crippen LogP contribution in [0.25, 0.3) is 0 Å². The van der Waals surface area contributed by atoms with Crippen LogP contribution in [-0.2, 0) is 14.2 Å². The predicted molar refractivity (Wildman–Crippen MR) is 81.7 cm³/mol. The highest BCUT2D eigenvalue weighted by molar-refractivity contribution is 5.70. The summed E-state index contributed by atoms with van der Waals surface area (Å²) in [5.41, 5.74) is 0. The maximum absolute atomic E-state index is 11.6. The normalized spacial score (nSPS) is 34.1. The second-order valence-corrected chi connectivity index (χ2v) is 6.17. The highest BCUT2D eigenvalue weighted by atomic mass is 16.6. The number of hydrogen-bond donors (Lipinski definition) is 2. The zero-order valence-corrected chi connectivity index (χ0v) is 13.6. The number of rotatable bonds is 9. The van der Waals surface area contributed by atoms with Crippen molar-refractivity contribution >= 4 is 6.09 Å². The Labute approximate surface area is 132 Å². The summed E-state index contributed by atoms with van der Waals surface area (Å²) in [6, 6.07) is -0.182. The Balaban J connectivity index is 2.06. The standard InChI is InChI=1S/C16H29NO5/c1-3-5-7-20-14-11(10-18)9-12-13(17-16(19)22-12)15(14)21-8-6-4-2/h11-15,18H,3-10H2,1-2H3,(H,17,19)/t11-,12+,13+,14-,15-/m1/s1. The molecule has 128 valence electrons. The van der Waals surface area contributed by atoms with Gasteiger partial charge in [-0.2, -0.15) is 0 Å². The first-order valence-corrected chi connectivity index (χ1v) is 8.52. The Morgan fingerprint density at radius 2 is 1.82 bits per heavy atom. The van der Waals surface area contributed by atoms with Gasteiger partial charge in [-0.15, -0.1) is 0 Å². The largest absolute Gasteiger partial charge is 0.444 e.